The predicted molar refractivity (Wildman–Crippen MR) is 90.7 cm³/mol. The topological polar surface area (TPSA) is 29.9 Å². The lowest BCUT2D eigenvalue weighted by atomic mass is 10.1. The SMILES string of the molecule is CC=CC(CNc1cc(F)c(-c2cc(C(F)(F)F)nn2C)c(F)c1)=C(C)F. The number of aryl methyl sites for hydroxylation is 1. The third-order valence-electron chi connectivity index (χ3n) is 3.76. The highest BCUT2D eigenvalue weighted by Crippen LogP contribution is 2.34. The van der Waals surface area contributed by atoms with Crippen LogP contribution in [-0.2, 0) is 13.2 Å². The maximum absolute atomic E-state index is 14.4. The van der Waals surface area contributed by atoms with Crippen LogP contribution in [0.5, 0.6) is 0 Å². The summed E-state index contributed by atoms with van der Waals surface area (Å²) >= 11 is 0. The van der Waals surface area contributed by atoms with E-state index in [9.17, 15) is 26.3 Å². The Balaban J connectivity index is 2.36. The average Bonchev–Trinajstić information content (AvgIpc) is 2.92. The zero-order chi connectivity index (χ0) is 20.4. The Morgan fingerprint density at radius 1 is 1.19 bits per heavy atom. The van der Waals surface area contributed by atoms with E-state index in [2.05, 4.69) is 10.4 Å². The summed E-state index contributed by atoms with van der Waals surface area (Å²) in [5.41, 5.74) is -1.91. The van der Waals surface area contributed by atoms with Crippen LogP contribution in [0.2, 0.25) is 0 Å². The van der Waals surface area contributed by atoms with Gasteiger partial charge in [0.05, 0.1) is 11.3 Å². The summed E-state index contributed by atoms with van der Waals surface area (Å²) in [5.74, 6) is -2.58. The number of alkyl halides is 3. The maximum Gasteiger partial charge on any atom is 0.435 e. The summed E-state index contributed by atoms with van der Waals surface area (Å²) in [6, 6.07) is 2.44. The molecule has 0 saturated carbocycles. The minimum atomic E-state index is -4.73. The number of allylic oxidation sites excluding steroid dienone is 2. The second-order valence-corrected chi connectivity index (χ2v) is 5.76. The molecule has 0 aliphatic carbocycles. The first-order valence-corrected chi connectivity index (χ1v) is 7.87. The second-order valence-electron chi connectivity index (χ2n) is 5.76. The average molecular weight is 389 g/mol. The van der Waals surface area contributed by atoms with Crippen molar-refractivity contribution in [3.05, 3.63) is 59.1 Å². The summed E-state index contributed by atoms with van der Waals surface area (Å²) in [7, 11) is 1.16. The Hall–Kier alpha value is -2.71. The van der Waals surface area contributed by atoms with Gasteiger partial charge in [-0.05, 0) is 32.0 Å². The lowest BCUT2D eigenvalue weighted by molar-refractivity contribution is -0.141. The van der Waals surface area contributed by atoms with Gasteiger partial charge in [0.25, 0.3) is 0 Å². The third kappa shape index (κ3) is 4.72. The van der Waals surface area contributed by atoms with E-state index in [1.165, 1.54) is 13.0 Å². The summed E-state index contributed by atoms with van der Waals surface area (Å²) in [6.07, 6.45) is -1.60. The number of hydrogen-bond acceptors (Lipinski definition) is 2. The molecule has 2 rings (SSSR count). The standard InChI is InChI=1S/C18H17F6N3/c1-4-5-11(10(2)19)9-25-12-6-13(20)17(14(21)7-12)15-8-16(18(22,23)24)26-27(15)3/h4-8,25H,9H2,1-3H3. The number of nitrogens with zero attached hydrogens (tertiary/aromatic N) is 2. The van der Waals surface area contributed by atoms with Gasteiger partial charge in [0.1, 0.15) is 17.5 Å². The Bertz CT molecular complexity index is 866. The Kier molecular flexibility index (Phi) is 6.02. The number of aromatic nitrogens is 2. The number of anilines is 1. The largest absolute Gasteiger partial charge is 0.435 e. The molecule has 1 N–H and O–H groups in total. The Morgan fingerprint density at radius 3 is 2.22 bits per heavy atom. The van der Waals surface area contributed by atoms with Crippen LogP contribution in [0.1, 0.15) is 19.5 Å². The van der Waals surface area contributed by atoms with Crippen LogP contribution in [0.4, 0.5) is 32.0 Å². The van der Waals surface area contributed by atoms with E-state index in [1.54, 1.807) is 13.0 Å². The molecule has 3 nitrogen and oxygen atoms in total. The molecule has 0 radical (unpaired) electrons. The molecular weight excluding hydrogens is 372 g/mol. The fourth-order valence-corrected chi connectivity index (χ4v) is 2.45. The highest BCUT2D eigenvalue weighted by molar-refractivity contribution is 5.65. The molecule has 1 heterocycles. The van der Waals surface area contributed by atoms with Crippen LogP contribution in [0.15, 0.2) is 41.8 Å². The van der Waals surface area contributed by atoms with Crippen molar-refractivity contribution < 1.29 is 26.3 Å². The molecule has 0 unspecified atom stereocenters. The van der Waals surface area contributed by atoms with Crippen molar-refractivity contribution in [1.29, 1.82) is 0 Å². The quantitative estimate of drug-likeness (QED) is 0.532. The van der Waals surface area contributed by atoms with Gasteiger partial charge in [-0.25, -0.2) is 13.2 Å². The van der Waals surface area contributed by atoms with Gasteiger partial charge >= 0.3 is 6.18 Å². The summed E-state index contributed by atoms with van der Waals surface area (Å²) in [5, 5.41) is 5.93. The van der Waals surface area contributed by atoms with Crippen LogP contribution < -0.4 is 5.32 Å². The first-order valence-electron chi connectivity index (χ1n) is 7.87. The maximum atomic E-state index is 14.4. The van der Waals surface area contributed by atoms with E-state index >= 15 is 0 Å². The molecule has 0 spiro atoms. The van der Waals surface area contributed by atoms with Crippen molar-refractivity contribution in [2.75, 3.05) is 11.9 Å². The first-order chi connectivity index (χ1) is 12.5. The van der Waals surface area contributed by atoms with E-state index < -0.39 is 34.9 Å². The first kappa shape index (κ1) is 20.6. The molecule has 146 valence electrons. The highest BCUT2D eigenvalue weighted by Gasteiger charge is 2.35. The fourth-order valence-electron chi connectivity index (χ4n) is 2.45. The van der Waals surface area contributed by atoms with Gasteiger partial charge in [-0.2, -0.15) is 18.3 Å². The fraction of sp³-hybridized carbons (Fsp3) is 0.278. The van der Waals surface area contributed by atoms with Crippen LogP contribution in [-0.4, -0.2) is 16.3 Å². The van der Waals surface area contributed by atoms with Gasteiger partial charge in [-0.15, -0.1) is 0 Å². The summed E-state index contributed by atoms with van der Waals surface area (Å²) < 4.78 is 81.2. The second kappa shape index (κ2) is 7.89. The molecule has 0 amide bonds. The lowest BCUT2D eigenvalue weighted by Gasteiger charge is -2.11. The van der Waals surface area contributed by atoms with Crippen molar-refractivity contribution in [3.63, 3.8) is 0 Å². The molecule has 1 aromatic heterocycles. The molecule has 0 aliphatic heterocycles. The molecule has 2 aromatic rings. The zero-order valence-corrected chi connectivity index (χ0v) is 14.8. The molecule has 0 atom stereocenters. The molecule has 9 heteroatoms. The van der Waals surface area contributed by atoms with Crippen molar-refractivity contribution in [1.82, 2.24) is 9.78 Å². The highest BCUT2D eigenvalue weighted by atomic mass is 19.4. The summed E-state index contributed by atoms with van der Waals surface area (Å²) in [6.45, 7) is 2.93. The molecule has 1 aromatic carbocycles. The van der Waals surface area contributed by atoms with Crippen molar-refractivity contribution in [2.45, 2.75) is 20.0 Å². The van der Waals surface area contributed by atoms with E-state index in [0.29, 0.717) is 11.6 Å². The number of hydrogen-bond donors (Lipinski definition) is 1. The molecule has 0 aliphatic rings. The molecular formula is C18H17F6N3. The van der Waals surface area contributed by atoms with Gasteiger partial charge in [0, 0.05) is 24.9 Å². The minimum absolute atomic E-state index is 0.0190. The van der Waals surface area contributed by atoms with Gasteiger partial charge in [0.15, 0.2) is 5.69 Å². The normalized spacial score (nSPS) is 13.2. The number of nitrogens with one attached hydrogen (secondary N) is 1. The van der Waals surface area contributed by atoms with Crippen LogP contribution in [0, 0.1) is 11.6 Å². The zero-order valence-electron chi connectivity index (χ0n) is 14.8. The van der Waals surface area contributed by atoms with E-state index in [1.807, 2.05) is 0 Å². The molecule has 0 saturated heterocycles. The molecule has 0 bridgehead atoms. The molecule has 27 heavy (non-hydrogen) atoms. The third-order valence-corrected chi connectivity index (χ3v) is 3.76. The monoisotopic (exact) mass is 389 g/mol. The minimum Gasteiger partial charge on any atom is -0.381 e. The van der Waals surface area contributed by atoms with E-state index in [0.717, 1.165) is 23.9 Å². The van der Waals surface area contributed by atoms with Crippen molar-refractivity contribution >= 4 is 5.69 Å². The smallest absolute Gasteiger partial charge is 0.381 e. The van der Waals surface area contributed by atoms with Crippen LogP contribution >= 0.6 is 0 Å². The number of halogens is 6. The van der Waals surface area contributed by atoms with E-state index in [-0.39, 0.29) is 17.9 Å². The summed E-state index contributed by atoms with van der Waals surface area (Å²) in [4.78, 5) is 0. The van der Waals surface area contributed by atoms with Crippen LogP contribution in [0.3, 0.4) is 0 Å². The van der Waals surface area contributed by atoms with Crippen molar-refractivity contribution in [3.8, 4) is 11.3 Å². The van der Waals surface area contributed by atoms with Gasteiger partial charge < -0.3 is 5.32 Å². The van der Waals surface area contributed by atoms with Gasteiger partial charge in [-0.1, -0.05) is 12.2 Å². The predicted octanol–water partition coefficient (Wildman–Crippen LogP) is 5.62. The van der Waals surface area contributed by atoms with Crippen molar-refractivity contribution in [2.24, 2.45) is 7.05 Å². The van der Waals surface area contributed by atoms with Gasteiger partial charge in [0.2, 0.25) is 0 Å². The van der Waals surface area contributed by atoms with Gasteiger partial charge in [-0.3, -0.25) is 4.68 Å². The number of benzene rings is 1. The Labute approximate surface area is 152 Å². The Morgan fingerprint density at radius 2 is 1.78 bits per heavy atom. The number of rotatable bonds is 5. The van der Waals surface area contributed by atoms with Crippen LogP contribution in [0.25, 0.3) is 11.3 Å². The lowest BCUT2D eigenvalue weighted by Crippen LogP contribution is -2.07. The van der Waals surface area contributed by atoms with E-state index in [4.69, 9.17) is 0 Å². The molecule has 0 fully saturated rings.